The monoisotopic (exact) mass is 607 g/mol. The number of nitrogens with zero attached hydrogens (tertiary/aromatic N) is 3. The summed E-state index contributed by atoms with van der Waals surface area (Å²) in [4.78, 5) is 14.5. The molecule has 0 unspecified atom stereocenters. The van der Waals surface area contributed by atoms with E-state index in [2.05, 4.69) is 0 Å². The average molecular weight is 608 g/mol. The van der Waals surface area contributed by atoms with Crippen molar-refractivity contribution >= 4 is 32.7 Å². The van der Waals surface area contributed by atoms with Gasteiger partial charge >= 0.3 is 0 Å². The fraction of sp³-hybridized carbons (Fsp3) is 0. The largest absolute Gasteiger partial charge is 0.456 e. The van der Waals surface area contributed by atoms with E-state index in [0.29, 0.717) is 34.0 Å². The second-order valence-electron chi connectivity index (χ2n) is 11.2. The maximum atomic E-state index is 9.31. The molecule has 0 bridgehead atoms. The average Bonchev–Trinajstić information content (AvgIpc) is 3.58. The summed E-state index contributed by atoms with van der Waals surface area (Å²) in [5, 5.41) is 3.47. The van der Waals surface area contributed by atoms with Crippen LogP contribution in [0.5, 0.6) is 0 Å². The first-order valence-corrected chi connectivity index (χ1v) is 15.2. The van der Waals surface area contributed by atoms with Gasteiger partial charge in [0.05, 0.1) is 8.22 Å². The molecule has 0 aliphatic carbocycles. The van der Waals surface area contributed by atoms with E-state index < -0.39 is 18.1 Å². The highest BCUT2D eigenvalue weighted by molar-refractivity contribution is 6.16. The summed E-state index contributed by atoms with van der Waals surface area (Å²) in [7, 11) is 0. The summed E-state index contributed by atoms with van der Waals surface area (Å²) in [5.74, 6) is 1.59. The van der Waals surface area contributed by atoms with E-state index in [-0.39, 0.29) is 34.8 Å². The molecule has 0 spiro atoms. The van der Waals surface area contributed by atoms with Gasteiger partial charge in [0, 0.05) is 27.5 Å². The molecule has 9 rings (SSSR count). The van der Waals surface area contributed by atoms with E-state index in [1.165, 1.54) is 0 Å². The molecule has 47 heavy (non-hydrogen) atoms. The molecule has 0 aliphatic rings. The number of furan rings is 1. The molecule has 9 aromatic rings. The van der Waals surface area contributed by atoms with Gasteiger partial charge in [-0.15, -0.1) is 0 Å². The van der Waals surface area contributed by atoms with Crippen molar-refractivity contribution < 1.29 is 12.6 Å². The lowest BCUT2D eigenvalue weighted by Gasteiger charge is -2.11. The van der Waals surface area contributed by atoms with Crippen LogP contribution in [0.2, 0.25) is 0 Å². The van der Waals surface area contributed by atoms with Crippen LogP contribution < -0.4 is 0 Å². The van der Waals surface area contributed by atoms with E-state index in [4.69, 9.17) is 26.2 Å². The molecule has 7 aromatic carbocycles. The standard InChI is InChI=1S/C43H27N3O/c1-4-12-28(13-5-1)35-25-36(40-37-24-33-18-10-11-19-34(33)26-38(37)47-39(40)27-35)29-20-22-32(23-21-29)43-45-41(30-14-6-2-7-15-30)44-42(46-43)31-16-8-3-9-17-31/h1-27H/i1D,4D,5D,12D,13D,27D. The van der Waals surface area contributed by atoms with Crippen molar-refractivity contribution in [2.75, 3.05) is 0 Å². The van der Waals surface area contributed by atoms with Gasteiger partial charge in [-0.25, -0.2) is 15.0 Å². The molecule has 0 saturated carbocycles. The number of rotatable bonds is 5. The first-order valence-electron chi connectivity index (χ1n) is 18.2. The van der Waals surface area contributed by atoms with Crippen LogP contribution in [0.15, 0.2) is 168 Å². The van der Waals surface area contributed by atoms with Crippen LogP contribution in [0, 0.1) is 0 Å². The molecule has 2 heterocycles. The summed E-state index contributed by atoms with van der Waals surface area (Å²) in [6.07, 6.45) is 0. The Hall–Kier alpha value is -6.39. The number of fused-ring (bicyclic) bond motifs is 4. The molecule has 0 fully saturated rings. The lowest BCUT2D eigenvalue weighted by molar-refractivity contribution is 0.669. The predicted octanol–water partition coefficient (Wildman–Crippen LogP) is 11.3. The molecule has 0 radical (unpaired) electrons. The highest BCUT2D eigenvalue weighted by Gasteiger charge is 2.17. The lowest BCUT2D eigenvalue weighted by Crippen LogP contribution is -2.00. The summed E-state index contributed by atoms with van der Waals surface area (Å²) in [6.45, 7) is 0. The van der Waals surface area contributed by atoms with Gasteiger partial charge in [0.25, 0.3) is 0 Å². The summed E-state index contributed by atoms with van der Waals surface area (Å²) in [6, 6.07) is 38.6. The Morgan fingerprint density at radius 2 is 0.979 bits per heavy atom. The number of hydrogen-bond donors (Lipinski definition) is 0. The van der Waals surface area contributed by atoms with Gasteiger partial charge in [-0.3, -0.25) is 0 Å². The topological polar surface area (TPSA) is 51.8 Å². The third kappa shape index (κ3) is 4.93. The van der Waals surface area contributed by atoms with Crippen molar-refractivity contribution in [1.82, 2.24) is 15.0 Å². The van der Waals surface area contributed by atoms with Crippen LogP contribution in [-0.2, 0) is 0 Å². The van der Waals surface area contributed by atoms with Crippen molar-refractivity contribution in [2.24, 2.45) is 0 Å². The van der Waals surface area contributed by atoms with Gasteiger partial charge in [0.1, 0.15) is 11.2 Å². The predicted molar refractivity (Wildman–Crippen MR) is 192 cm³/mol. The Morgan fingerprint density at radius 3 is 1.60 bits per heavy atom. The molecule has 0 aliphatic heterocycles. The molecule has 4 heteroatoms. The van der Waals surface area contributed by atoms with Crippen molar-refractivity contribution in [1.29, 1.82) is 0 Å². The zero-order valence-corrected chi connectivity index (χ0v) is 24.9. The molecule has 0 atom stereocenters. The van der Waals surface area contributed by atoms with Crippen LogP contribution in [0.25, 0.3) is 89.1 Å². The highest BCUT2D eigenvalue weighted by Crippen LogP contribution is 2.41. The Morgan fingerprint density at radius 1 is 0.447 bits per heavy atom. The minimum Gasteiger partial charge on any atom is -0.456 e. The fourth-order valence-corrected chi connectivity index (χ4v) is 6.00. The normalized spacial score (nSPS) is 13.2. The summed E-state index contributed by atoms with van der Waals surface area (Å²) in [5.41, 5.74) is 4.89. The van der Waals surface area contributed by atoms with Crippen molar-refractivity contribution in [3.05, 3.63) is 164 Å². The van der Waals surface area contributed by atoms with E-state index in [9.17, 15) is 1.37 Å². The SMILES string of the molecule is [2H]c1c([2H])c([2H])c(-c2cc(-c3ccc(-c4nc(-c5ccccc5)nc(-c5ccccc5)n4)cc3)c3c(oc4cc5ccccc5cc43)c2[2H])c([2H])c1[2H]. The zero-order valence-electron chi connectivity index (χ0n) is 30.9. The van der Waals surface area contributed by atoms with Crippen LogP contribution in [0.1, 0.15) is 8.22 Å². The van der Waals surface area contributed by atoms with Gasteiger partial charge in [0.2, 0.25) is 0 Å². The van der Waals surface area contributed by atoms with Gasteiger partial charge in [-0.2, -0.15) is 0 Å². The minimum absolute atomic E-state index is 0.0570. The molecular formula is C43H27N3O. The maximum Gasteiger partial charge on any atom is 0.164 e. The zero-order chi connectivity index (χ0) is 36.4. The van der Waals surface area contributed by atoms with Crippen molar-refractivity contribution in [2.45, 2.75) is 0 Å². The second-order valence-corrected chi connectivity index (χ2v) is 11.2. The number of hydrogen-bond acceptors (Lipinski definition) is 4. The first kappa shape index (κ1) is 21.4. The van der Waals surface area contributed by atoms with E-state index in [1.807, 2.05) is 121 Å². The highest BCUT2D eigenvalue weighted by atomic mass is 16.3. The minimum atomic E-state index is -0.494. The smallest absolute Gasteiger partial charge is 0.164 e. The summed E-state index contributed by atoms with van der Waals surface area (Å²) < 4.78 is 58.0. The van der Waals surface area contributed by atoms with E-state index in [0.717, 1.165) is 38.4 Å². The van der Waals surface area contributed by atoms with E-state index in [1.54, 1.807) is 6.07 Å². The third-order valence-corrected chi connectivity index (χ3v) is 8.29. The van der Waals surface area contributed by atoms with Crippen LogP contribution >= 0.6 is 0 Å². The molecule has 0 saturated heterocycles. The number of benzene rings is 7. The second kappa shape index (κ2) is 11.2. The molecule has 2 aromatic heterocycles. The molecule has 0 N–H and O–H groups in total. The van der Waals surface area contributed by atoms with E-state index >= 15 is 0 Å². The quantitative estimate of drug-likeness (QED) is 0.195. The summed E-state index contributed by atoms with van der Waals surface area (Å²) >= 11 is 0. The Bertz CT molecular complexity index is 2810. The van der Waals surface area contributed by atoms with Crippen LogP contribution in [0.4, 0.5) is 0 Å². The van der Waals surface area contributed by atoms with Crippen LogP contribution in [0.3, 0.4) is 0 Å². The fourth-order valence-electron chi connectivity index (χ4n) is 6.00. The van der Waals surface area contributed by atoms with Gasteiger partial charge in [-0.05, 0) is 57.3 Å². The molecule has 220 valence electrons. The molecule has 4 nitrogen and oxygen atoms in total. The van der Waals surface area contributed by atoms with Gasteiger partial charge in [0.15, 0.2) is 17.5 Å². The number of aromatic nitrogens is 3. The van der Waals surface area contributed by atoms with Crippen LogP contribution in [-0.4, -0.2) is 15.0 Å². The molecular weight excluding hydrogens is 574 g/mol. The Balaban J connectivity index is 1.27. The first-order chi connectivity index (χ1) is 25.8. The van der Waals surface area contributed by atoms with Crippen molar-refractivity contribution in [3.63, 3.8) is 0 Å². The van der Waals surface area contributed by atoms with Crippen molar-refractivity contribution in [3.8, 4) is 56.4 Å². The lowest BCUT2D eigenvalue weighted by atomic mass is 9.93. The Kier molecular flexibility index (Phi) is 5.09. The van der Waals surface area contributed by atoms with Gasteiger partial charge in [-0.1, -0.05) is 139 Å². The van der Waals surface area contributed by atoms with Gasteiger partial charge < -0.3 is 4.42 Å². The third-order valence-electron chi connectivity index (χ3n) is 8.29. The molecule has 0 amide bonds. The maximum absolute atomic E-state index is 9.31. The Labute approximate surface area is 280 Å².